The second kappa shape index (κ2) is 6.51. The highest BCUT2D eigenvalue weighted by Gasteiger charge is 2.07. The number of rotatable bonds is 5. The molecule has 88 valence electrons. The summed E-state index contributed by atoms with van der Waals surface area (Å²) in [5.74, 6) is 0.0119. The van der Waals surface area contributed by atoms with Crippen LogP contribution in [0.4, 0.5) is 0 Å². The number of benzene rings is 1. The van der Waals surface area contributed by atoms with E-state index < -0.39 is 0 Å². The van der Waals surface area contributed by atoms with Gasteiger partial charge in [0.1, 0.15) is 0 Å². The lowest BCUT2D eigenvalue weighted by Crippen LogP contribution is -2.37. The van der Waals surface area contributed by atoms with Crippen molar-refractivity contribution < 1.29 is 4.79 Å². The molecule has 0 aliphatic carbocycles. The second-order valence-electron chi connectivity index (χ2n) is 3.80. The Morgan fingerprint density at radius 2 is 2.19 bits per heavy atom. The average molecular weight is 241 g/mol. The molecule has 0 heterocycles. The number of carbonyl (C=O) groups excluding carboxylic acids is 1. The van der Waals surface area contributed by atoms with Crippen LogP contribution in [-0.4, -0.2) is 18.5 Å². The van der Waals surface area contributed by atoms with E-state index in [0.29, 0.717) is 24.4 Å². The Morgan fingerprint density at radius 3 is 2.81 bits per heavy atom. The highest BCUT2D eigenvalue weighted by molar-refractivity contribution is 6.31. The Balaban J connectivity index is 2.40. The lowest BCUT2D eigenvalue weighted by atomic mass is 10.1. The van der Waals surface area contributed by atoms with Gasteiger partial charge in [-0.15, -0.1) is 0 Å². The van der Waals surface area contributed by atoms with E-state index in [9.17, 15) is 4.79 Å². The van der Waals surface area contributed by atoms with E-state index in [0.717, 1.165) is 5.56 Å². The van der Waals surface area contributed by atoms with Gasteiger partial charge in [0, 0.05) is 24.0 Å². The average Bonchev–Trinajstić information content (AvgIpc) is 2.28. The minimum Gasteiger partial charge on any atom is -0.352 e. The topological polar surface area (TPSA) is 55.1 Å². The summed E-state index contributed by atoms with van der Waals surface area (Å²) >= 11 is 5.99. The molecule has 0 aliphatic rings. The highest BCUT2D eigenvalue weighted by atomic mass is 35.5. The van der Waals surface area contributed by atoms with Gasteiger partial charge in [-0.1, -0.05) is 29.8 Å². The van der Waals surface area contributed by atoms with E-state index in [2.05, 4.69) is 5.32 Å². The lowest BCUT2D eigenvalue weighted by Gasteiger charge is -2.11. The largest absolute Gasteiger partial charge is 0.352 e. The molecule has 3 nitrogen and oxygen atoms in total. The maximum absolute atomic E-state index is 11.5. The van der Waals surface area contributed by atoms with Gasteiger partial charge in [0.05, 0.1) is 0 Å². The second-order valence-corrected chi connectivity index (χ2v) is 4.20. The van der Waals surface area contributed by atoms with Gasteiger partial charge < -0.3 is 11.1 Å². The third-order valence-electron chi connectivity index (χ3n) is 2.34. The van der Waals surface area contributed by atoms with Crippen LogP contribution in [0.1, 0.15) is 18.9 Å². The van der Waals surface area contributed by atoms with Crippen LogP contribution in [0.5, 0.6) is 0 Å². The molecule has 0 aromatic heterocycles. The number of aryl methyl sites for hydroxylation is 1. The van der Waals surface area contributed by atoms with E-state index in [4.69, 9.17) is 17.3 Å². The maximum atomic E-state index is 11.5. The van der Waals surface area contributed by atoms with Crippen LogP contribution in [0.25, 0.3) is 0 Å². The Bertz CT molecular complexity index is 355. The van der Waals surface area contributed by atoms with Crippen LogP contribution in [0.2, 0.25) is 5.02 Å². The summed E-state index contributed by atoms with van der Waals surface area (Å²) < 4.78 is 0. The van der Waals surface area contributed by atoms with Crippen molar-refractivity contribution in [3.8, 4) is 0 Å². The van der Waals surface area contributed by atoms with Gasteiger partial charge in [0.2, 0.25) is 5.91 Å². The predicted octanol–water partition coefficient (Wildman–Crippen LogP) is 1.74. The predicted molar refractivity (Wildman–Crippen MR) is 66.4 cm³/mol. The first-order valence-electron chi connectivity index (χ1n) is 5.36. The van der Waals surface area contributed by atoms with Crippen molar-refractivity contribution in [2.75, 3.05) is 6.54 Å². The Hall–Kier alpha value is -1.06. The fraction of sp³-hybridized carbons (Fsp3) is 0.417. The van der Waals surface area contributed by atoms with Gasteiger partial charge in [-0.3, -0.25) is 4.79 Å². The highest BCUT2D eigenvalue weighted by Crippen LogP contribution is 2.16. The molecule has 1 unspecified atom stereocenters. The van der Waals surface area contributed by atoms with Crippen LogP contribution < -0.4 is 11.1 Å². The van der Waals surface area contributed by atoms with Crippen molar-refractivity contribution in [3.05, 3.63) is 34.9 Å². The summed E-state index contributed by atoms with van der Waals surface area (Å²) in [6.45, 7) is 2.34. The maximum Gasteiger partial charge on any atom is 0.220 e. The van der Waals surface area contributed by atoms with E-state index >= 15 is 0 Å². The smallest absolute Gasteiger partial charge is 0.220 e. The zero-order valence-corrected chi connectivity index (χ0v) is 10.1. The molecule has 4 heteroatoms. The number of hydrogen-bond donors (Lipinski definition) is 2. The molecule has 0 bridgehead atoms. The number of hydrogen-bond acceptors (Lipinski definition) is 2. The summed E-state index contributed by atoms with van der Waals surface area (Å²) in [6, 6.07) is 7.59. The molecule has 0 spiro atoms. The van der Waals surface area contributed by atoms with Crippen molar-refractivity contribution in [1.29, 1.82) is 0 Å². The minimum atomic E-state index is 0.0119. The van der Waals surface area contributed by atoms with Crippen LogP contribution in [0, 0.1) is 0 Å². The van der Waals surface area contributed by atoms with E-state index in [-0.39, 0.29) is 11.9 Å². The van der Waals surface area contributed by atoms with Gasteiger partial charge >= 0.3 is 0 Å². The summed E-state index contributed by atoms with van der Waals surface area (Å²) in [7, 11) is 0. The summed E-state index contributed by atoms with van der Waals surface area (Å²) in [4.78, 5) is 11.5. The molecule has 1 aromatic carbocycles. The van der Waals surface area contributed by atoms with Gasteiger partial charge in [-0.2, -0.15) is 0 Å². The molecule has 1 aromatic rings. The SMILES string of the molecule is CC(CN)NC(=O)CCc1ccccc1Cl. The van der Waals surface area contributed by atoms with Crippen molar-refractivity contribution in [2.45, 2.75) is 25.8 Å². The molecular formula is C12H17ClN2O. The molecule has 16 heavy (non-hydrogen) atoms. The van der Waals surface area contributed by atoms with Gasteiger partial charge in [0.25, 0.3) is 0 Å². The third-order valence-corrected chi connectivity index (χ3v) is 2.71. The standard InChI is InChI=1S/C12H17ClN2O/c1-9(8-14)15-12(16)7-6-10-4-2-3-5-11(10)13/h2-5,9H,6-8,14H2,1H3,(H,15,16). The number of amides is 1. The molecule has 1 rings (SSSR count). The number of halogens is 1. The zero-order chi connectivity index (χ0) is 12.0. The fourth-order valence-corrected chi connectivity index (χ4v) is 1.59. The Labute approximate surface area is 101 Å². The Kier molecular flexibility index (Phi) is 5.29. The van der Waals surface area contributed by atoms with Crippen molar-refractivity contribution >= 4 is 17.5 Å². The van der Waals surface area contributed by atoms with E-state index in [1.54, 1.807) is 0 Å². The van der Waals surface area contributed by atoms with Gasteiger partial charge in [-0.05, 0) is 25.0 Å². The number of nitrogens with one attached hydrogen (secondary N) is 1. The van der Waals surface area contributed by atoms with Crippen LogP contribution in [-0.2, 0) is 11.2 Å². The van der Waals surface area contributed by atoms with Gasteiger partial charge in [0.15, 0.2) is 0 Å². The fourth-order valence-electron chi connectivity index (χ4n) is 1.36. The van der Waals surface area contributed by atoms with Crippen LogP contribution in [0.3, 0.4) is 0 Å². The zero-order valence-electron chi connectivity index (χ0n) is 9.37. The normalized spacial score (nSPS) is 12.2. The molecule has 0 aliphatic heterocycles. The first-order valence-corrected chi connectivity index (χ1v) is 5.74. The Morgan fingerprint density at radius 1 is 1.50 bits per heavy atom. The first kappa shape index (κ1) is 13.0. The van der Waals surface area contributed by atoms with Crippen molar-refractivity contribution in [1.82, 2.24) is 5.32 Å². The molecule has 0 radical (unpaired) electrons. The van der Waals surface area contributed by atoms with Crippen molar-refractivity contribution in [2.24, 2.45) is 5.73 Å². The molecule has 3 N–H and O–H groups in total. The van der Waals surface area contributed by atoms with Crippen LogP contribution >= 0.6 is 11.6 Å². The van der Waals surface area contributed by atoms with E-state index in [1.165, 1.54) is 0 Å². The number of carbonyl (C=O) groups is 1. The third kappa shape index (κ3) is 4.21. The quantitative estimate of drug-likeness (QED) is 0.824. The van der Waals surface area contributed by atoms with Crippen LogP contribution in [0.15, 0.2) is 24.3 Å². The molecule has 0 saturated carbocycles. The number of nitrogens with two attached hydrogens (primary N) is 1. The van der Waals surface area contributed by atoms with E-state index in [1.807, 2.05) is 31.2 Å². The minimum absolute atomic E-state index is 0.0119. The molecule has 0 saturated heterocycles. The monoisotopic (exact) mass is 240 g/mol. The lowest BCUT2D eigenvalue weighted by molar-refractivity contribution is -0.121. The van der Waals surface area contributed by atoms with Gasteiger partial charge in [-0.25, -0.2) is 0 Å². The summed E-state index contributed by atoms with van der Waals surface area (Å²) in [5.41, 5.74) is 6.42. The molecule has 0 fully saturated rings. The molecular weight excluding hydrogens is 224 g/mol. The summed E-state index contributed by atoms with van der Waals surface area (Å²) in [5, 5.41) is 3.52. The first-order chi connectivity index (χ1) is 7.63. The van der Waals surface area contributed by atoms with Crippen molar-refractivity contribution in [3.63, 3.8) is 0 Å². The molecule has 1 amide bonds. The summed E-state index contributed by atoms with van der Waals surface area (Å²) in [6.07, 6.45) is 1.09. The molecule has 1 atom stereocenters.